The molecule has 0 aliphatic carbocycles. The zero-order valence-corrected chi connectivity index (χ0v) is 17.8. The molecule has 1 atom stereocenters. The Labute approximate surface area is 170 Å². The Morgan fingerprint density at radius 3 is 2.82 bits per heavy atom. The van der Waals surface area contributed by atoms with Crippen molar-refractivity contribution >= 4 is 39.2 Å². The Bertz CT molecular complexity index is 1090. The highest BCUT2D eigenvalue weighted by Crippen LogP contribution is 2.26. The number of thiophene rings is 1. The molecule has 0 spiro atoms. The molecule has 28 heavy (non-hydrogen) atoms. The Morgan fingerprint density at radius 2 is 2.11 bits per heavy atom. The fourth-order valence-electron chi connectivity index (χ4n) is 2.73. The molecule has 1 aromatic carbocycles. The summed E-state index contributed by atoms with van der Waals surface area (Å²) in [6.07, 6.45) is 0. The lowest BCUT2D eigenvalue weighted by Crippen LogP contribution is -2.30. The van der Waals surface area contributed by atoms with Crippen molar-refractivity contribution in [3.05, 3.63) is 61.8 Å². The summed E-state index contributed by atoms with van der Waals surface area (Å²) in [6.45, 7) is 7.67. The average Bonchev–Trinajstić information content (AvgIpc) is 2.94. The van der Waals surface area contributed by atoms with Crippen LogP contribution < -0.4 is 10.9 Å². The van der Waals surface area contributed by atoms with Gasteiger partial charge in [0.25, 0.3) is 5.56 Å². The van der Waals surface area contributed by atoms with Gasteiger partial charge >= 0.3 is 0 Å². The zero-order valence-electron chi connectivity index (χ0n) is 16.2. The van der Waals surface area contributed by atoms with E-state index in [-0.39, 0.29) is 29.1 Å². The third-order valence-electron chi connectivity index (χ3n) is 4.63. The first-order valence-corrected chi connectivity index (χ1v) is 10.8. The lowest BCUT2D eigenvalue weighted by atomic mass is 10.1. The second-order valence-corrected chi connectivity index (χ2v) is 9.26. The summed E-state index contributed by atoms with van der Waals surface area (Å²) in [5.74, 6) is 0.564. The summed E-state index contributed by atoms with van der Waals surface area (Å²) < 4.78 is 13.6. The minimum Gasteiger partial charge on any atom is -0.351 e. The van der Waals surface area contributed by atoms with Gasteiger partial charge in [-0.15, -0.1) is 23.1 Å². The van der Waals surface area contributed by atoms with E-state index in [0.29, 0.717) is 28.1 Å². The topological polar surface area (TPSA) is 74.8 Å². The fourth-order valence-corrected chi connectivity index (χ4v) is 4.55. The first kappa shape index (κ1) is 20.5. The molecule has 8 heteroatoms. The number of halogens is 1. The number of nitrogens with one attached hydrogen (secondary N) is 2. The number of fused-ring (bicyclic) bond motifs is 1. The zero-order chi connectivity index (χ0) is 20.4. The van der Waals surface area contributed by atoms with Crippen molar-refractivity contribution in [3.8, 4) is 0 Å². The van der Waals surface area contributed by atoms with Crippen molar-refractivity contribution in [3.63, 3.8) is 0 Å². The van der Waals surface area contributed by atoms with Crippen LogP contribution in [0.3, 0.4) is 0 Å². The van der Waals surface area contributed by atoms with Gasteiger partial charge in [0.1, 0.15) is 16.5 Å². The van der Waals surface area contributed by atoms with Crippen LogP contribution in [0.1, 0.15) is 34.3 Å². The monoisotopic (exact) mass is 419 g/mol. The van der Waals surface area contributed by atoms with Crippen LogP contribution in [0.25, 0.3) is 10.2 Å². The van der Waals surface area contributed by atoms with Gasteiger partial charge in [-0.2, -0.15) is 0 Å². The van der Waals surface area contributed by atoms with Gasteiger partial charge in [-0.05, 0) is 50.5 Å². The molecule has 1 amide bonds. The lowest BCUT2D eigenvalue weighted by Gasteiger charge is -2.12. The van der Waals surface area contributed by atoms with Crippen LogP contribution in [0.15, 0.2) is 23.0 Å². The number of hydrogen-bond donors (Lipinski definition) is 2. The Balaban J connectivity index is 1.59. The number of amides is 1. The molecule has 0 bridgehead atoms. The van der Waals surface area contributed by atoms with Gasteiger partial charge < -0.3 is 10.3 Å². The van der Waals surface area contributed by atoms with Crippen molar-refractivity contribution in [2.45, 2.75) is 45.2 Å². The molecular weight excluding hydrogens is 397 g/mol. The van der Waals surface area contributed by atoms with E-state index in [0.717, 1.165) is 15.3 Å². The summed E-state index contributed by atoms with van der Waals surface area (Å²) in [5, 5.41) is 3.13. The maximum absolute atomic E-state index is 13.6. The molecule has 148 valence electrons. The third-order valence-corrected chi connectivity index (χ3v) is 6.89. The van der Waals surface area contributed by atoms with Crippen molar-refractivity contribution in [2.24, 2.45) is 0 Å². The molecule has 3 aromatic rings. The molecule has 0 fully saturated rings. The predicted molar refractivity (Wildman–Crippen MR) is 113 cm³/mol. The highest BCUT2D eigenvalue weighted by atomic mass is 32.2. The van der Waals surface area contributed by atoms with Crippen LogP contribution in [-0.2, 0) is 17.1 Å². The number of aryl methyl sites for hydroxylation is 3. The summed E-state index contributed by atoms with van der Waals surface area (Å²) in [6, 6.07) is 4.93. The van der Waals surface area contributed by atoms with E-state index in [1.54, 1.807) is 26.0 Å². The van der Waals surface area contributed by atoms with E-state index in [4.69, 9.17) is 0 Å². The van der Waals surface area contributed by atoms with Gasteiger partial charge in [0.15, 0.2) is 0 Å². The molecule has 0 saturated carbocycles. The molecule has 2 N–H and O–H groups in total. The number of benzene rings is 1. The molecule has 3 rings (SSSR count). The smallest absolute Gasteiger partial charge is 0.259 e. The van der Waals surface area contributed by atoms with E-state index in [1.807, 2.05) is 13.8 Å². The van der Waals surface area contributed by atoms with Crippen LogP contribution in [0.5, 0.6) is 0 Å². The second kappa shape index (κ2) is 8.45. The van der Waals surface area contributed by atoms with Gasteiger partial charge in [-0.25, -0.2) is 9.37 Å². The molecule has 2 aromatic heterocycles. The fraction of sp³-hybridized carbons (Fsp3) is 0.350. The van der Waals surface area contributed by atoms with Crippen molar-refractivity contribution < 1.29 is 9.18 Å². The molecule has 2 heterocycles. The molecule has 0 unspecified atom stereocenters. The maximum atomic E-state index is 13.6. The summed E-state index contributed by atoms with van der Waals surface area (Å²) >= 11 is 2.90. The quantitative estimate of drug-likeness (QED) is 0.634. The minimum atomic E-state index is -0.330. The standard InChI is InChI=1S/C20H22FN3O2S2/c1-10-5-6-14(7-15(10)21)8-22-18(25)13(4)27-9-16-23-19(26)17-11(2)12(3)28-20(17)24-16/h5-7,13H,8-9H2,1-4H3,(H,22,25)(H,23,24,26)/t13-/m1/s1. The number of carbonyl (C=O) groups excluding carboxylic acids is 1. The van der Waals surface area contributed by atoms with E-state index in [9.17, 15) is 14.0 Å². The Morgan fingerprint density at radius 1 is 1.36 bits per heavy atom. The minimum absolute atomic E-state index is 0.138. The number of nitrogens with zero attached hydrogens (tertiary/aromatic N) is 1. The summed E-state index contributed by atoms with van der Waals surface area (Å²) in [5.41, 5.74) is 2.12. The Hall–Kier alpha value is -2.19. The predicted octanol–water partition coefficient (Wildman–Crippen LogP) is 3.99. The highest BCUT2D eigenvalue weighted by Gasteiger charge is 2.16. The number of thioether (sulfide) groups is 1. The molecular formula is C20H22FN3O2S2. The number of rotatable bonds is 6. The lowest BCUT2D eigenvalue weighted by molar-refractivity contribution is -0.120. The average molecular weight is 420 g/mol. The highest BCUT2D eigenvalue weighted by molar-refractivity contribution is 7.99. The van der Waals surface area contributed by atoms with Gasteiger partial charge in [0.2, 0.25) is 5.91 Å². The normalized spacial score (nSPS) is 12.3. The molecule has 0 saturated heterocycles. The first-order chi connectivity index (χ1) is 13.3. The number of carbonyl (C=O) groups is 1. The SMILES string of the molecule is Cc1ccc(CNC(=O)[C@@H](C)SCc2nc3sc(C)c(C)c3c(=O)[nH]2)cc1F. The van der Waals surface area contributed by atoms with Gasteiger partial charge in [-0.1, -0.05) is 12.1 Å². The largest absolute Gasteiger partial charge is 0.351 e. The van der Waals surface area contributed by atoms with Gasteiger partial charge in [0.05, 0.1) is 16.4 Å². The van der Waals surface area contributed by atoms with E-state index in [2.05, 4.69) is 15.3 Å². The number of aromatic nitrogens is 2. The summed E-state index contributed by atoms with van der Waals surface area (Å²) in [7, 11) is 0. The van der Waals surface area contributed by atoms with E-state index in [1.165, 1.54) is 29.2 Å². The number of H-pyrrole nitrogens is 1. The van der Waals surface area contributed by atoms with Crippen molar-refractivity contribution in [1.82, 2.24) is 15.3 Å². The molecule has 0 aliphatic rings. The van der Waals surface area contributed by atoms with Crippen molar-refractivity contribution in [1.29, 1.82) is 0 Å². The third kappa shape index (κ3) is 4.44. The Kier molecular flexibility index (Phi) is 6.20. The second-order valence-electron chi connectivity index (χ2n) is 6.73. The molecule has 5 nitrogen and oxygen atoms in total. The van der Waals surface area contributed by atoms with E-state index >= 15 is 0 Å². The van der Waals surface area contributed by atoms with E-state index < -0.39 is 0 Å². The van der Waals surface area contributed by atoms with Crippen LogP contribution in [0, 0.1) is 26.6 Å². The van der Waals surface area contributed by atoms with Crippen LogP contribution in [0.2, 0.25) is 0 Å². The maximum Gasteiger partial charge on any atom is 0.259 e. The van der Waals surface area contributed by atoms with Gasteiger partial charge in [0, 0.05) is 11.4 Å². The first-order valence-electron chi connectivity index (χ1n) is 8.89. The summed E-state index contributed by atoms with van der Waals surface area (Å²) in [4.78, 5) is 33.8. The molecule has 0 aliphatic heterocycles. The van der Waals surface area contributed by atoms with Crippen LogP contribution >= 0.6 is 23.1 Å². The van der Waals surface area contributed by atoms with Crippen molar-refractivity contribution in [2.75, 3.05) is 0 Å². The number of aromatic amines is 1. The van der Waals surface area contributed by atoms with Crippen LogP contribution in [0.4, 0.5) is 4.39 Å². The van der Waals surface area contributed by atoms with Gasteiger partial charge in [-0.3, -0.25) is 9.59 Å². The number of hydrogen-bond acceptors (Lipinski definition) is 5. The van der Waals surface area contributed by atoms with Crippen LogP contribution in [-0.4, -0.2) is 21.1 Å². The molecule has 0 radical (unpaired) electrons.